The predicted octanol–water partition coefficient (Wildman–Crippen LogP) is 5.01. The van der Waals surface area contributed by atoms with Crippen molar-refractivity contribution in [3.8, 4) is 16.9 Å². The van der Waals surface area contributed by atoms with E-state index in [2.05, 4.69) is 5.32 Å². The third-order valence-electron chi connectivity index (χ3n) is 6.49. The van der Waals surface area contributed by atoms with Gasteiger partial charge in [-0.15, -0.1) is 0 Å². The SMILES string of the molecule is COc1cccc(-c2ccc(NC3(C(=O)O)CCOCC3)cc2COC2CCCC2)c1F. The molecule has 172 valence electrons. The Morgan fingerprint density at radius 2 is 1.94 bits per heavy atom. The summed E-state index contributed by atoms with van der Waals surface area (Å²) in [4.78, 5) is 12.1. The largest absolute Gasteiger partial charge is 0.494 e. The fraction of sp³-hybridized carbons (Fsp3) is 0.480. The first-order valence-corrected chi connectivity index (χ1v) is 11.2. The summed E-state index contributed by atoms with van der Waals surface area (Å²) in [6.45, 7) is 1.11. The highest BCUT2D eigenvalue weighted by atomic mass is 19.1. The Kier molecular flexibility index (Phi) is 6.96. The highest BCUT2D eigenvalue weighted by Gasteiger charge is 2.40. The quantitative estimate of drug-likeness (QED) is 0.598. The molecular weight excluding hydrogens is 413 g/mol. The van der Waals surface area contributed by atoms with Crippen LogP contribution in [0.5, 0.6) is 5.75 Å². The number of benzene rings is 2. The minimum atomic E-state index is -1.08. The molecule has 2 aromatic carbocycles. The molecule has 1 saturated heterocycles. The summed E-state index contributed by atoms with van der Waals surface area (Å²) in [5.74, 6) is -1.14. The zero-order chi connectivity index (χ0) is 22.6. The number of halogens is 1. The second-order valence-corrected chi connectivity index (χ2v) is 8.54. The van der Waals surface area contributed by atoms with Crippen molar-refractivity contribution < 1.29 is 28.5 Å². The van der Waals surface area contributed by atoms with Gasteiger partial charge in [0.1, 0.15) is 5.54 Å². The number of aliphatic carboxylic acids is 1. The molecule has 0 unspecified atom stereocenters. The molecule has 1 heterocycles. The zero-order valence-corrected chi connectivity index (χ0v) is 18.4. The van der Waals surface area contributed by atoms with Crippen molar-refractivity contribution in [2.75, 3.05) is 25.6 Å². The van der Waals surface area contributed by atoms with Gasteiger partial charge in [0, 0.05) is 37.3 Å². The van der Waals surface area contributed by atoms with E-state index in [1.807, 2.05) is 12.1 Å². The Hall–Kier alpha value is -2.64. The normalized spacial score (nSPS) is 18.4. The van der Waals surface area contributed by atoms with Crippen LogP contribution in [0.1, 0.15) is 44.1 Å². The number of nitrogens with one attached hydrogen (secondary N) is 1. The summed E-state index contributed by atoms with van der Waals surface area (Å²) in [6, 6.07) is 10.6. The monoisotopic (exact) mass is 443 g/mol. The van der Waals surface area contributed by atoms with Crippen LogP contribution in [0, 0.1) is 5.82 Å². The number of hydrogen-bond donors (Lipinski definition) is 2. The lowest BCUT2D eigenvalue weighted by Crippen LogP contribution is -2.50. The number of anilines is 1. The van der Waals surface area contributed by atoms with Crippen LogP contribution < -0.4 is 10.1 Å². The number of methoxy groups -OCH3 is 1. The molecule has 6 nitrogen and oxygen atoms in total. The highest BCUT2D eigenvalue weighted by molar-refractivity contribution is 5.83. The summed E-state index contributed by atoms with van der Waals surface area (Å²) in [5.41, 5.74) is 1.54. The van der Waals surface area contributed by atoms with Crippen LogP contribution >= 0.6 is 0 Å². The average Bonchev–Trinajstić information content (AvgIpc) is 3.32. The number of carboxylic acids is 1. The molecule has 1 saturated carbocycles. The van der Waals surface area contributed by atoms with Gasteiger partial charge < -0.3 is 24.6 Å². The fourth-order valence-electron chi connectivity index (χ4n) is 4.58. The number of carboxylic acid groups (broad SMARTS) is 1. The van der Waals surface area contributed by atoms with Crippen molar-refractivity contribution in [3.05, 3.63) is 47.8 Å². The molecule has 0 radical (unpaired) electrons. The van der Waals surface area contributed by atoms with Crippen molar-refractivity contribution in [3.63, 3.8) is 0 Å². The summed E-state index contributed by atoms with van der Waals surface area (Å²) >= 11 is 0. The maximum atomic E-state index is 15.0. The van der Waals surface area contributed by atoms with Crippen molar-refractivity contribution in [1.82, 2.24) is 0 Å². The molecule has 2 fully saturated rings. The maximum Gasteiger partial charge on any atom is 0.329 e. The number of carbonyl (C=O) groups is 1. The van der Waals surface area contributed by atoms with Crippen LogP contribution in [0.15, 0.2) is 36.4 Å². The summed E-state index contributed by atoms with van der Waals surface area (Å²) in [6.07, 6.45) is 5.34. The van der Waals surface area contributed by atoms with Crippen LogP contribution in [-0.4, -0.2) is 43.0 Å². The molecule has 2 aromatic rings. The van der Waals surface area contributed by atoms with Crippen molar-refractivity contribution >= 4 is 11.7 Å². The van der Waals surface area contributed by atoms with E-state index in [9.17, 15) is 9.90 Å². The van der Waals surface area contributed by atoms with Gasteiger partial charge >= 0.3 is 5.97 Å². The van der Waals surface area contributed by atoms with E-state index in [1.54, 1.807) is 24.3 Å². The van der Waals surface area contributed by atoms with E-state index in [4.69, 9.17) is 14.2 Å². The van der Waals surface area contributed by atoms with E-state index in [0.29, 0.717) is 49.5 Å². The standard InChI is InChI=1S/C25H30FNO5/c1-30-22-8-4-7-21(23(22)26)20-10-9-18(15-17(20)16-32-19-5-2-3-6-19)27-25(24(28)29)11-13-31-14-12-25/h4,7-10,15,19,27H,2-3,5-6,11-14,16H2,1H3,(H,28,29). The third-order valence-corrected chi connectivity index (χ3v) is 6.49. The number of ether oxygens (including phenoxy) is 3. The van der Waals surface area contributed by atoms with Crippen molar-refractivity contribution in [1.29, 1.82) is 0 Å². The van der Waals surface area contributed by atoms with E-state index in [0.717, 1.165) is 31.2 Å². The molecule has 7 heteroatoms. The Balaban J connectivity index is 1.68. The number of hydrogen-bond acceptors (Lipinski definition) is 5. The Morgan fingerprint density at radius 1 is 1.19 bits per heavy atom. The van der Waals surface area contributed by atoms with Gasteiger partial charge in [-0.25, -0.2) is 9.18 Å². The Labute approximate surface area is 187 Å². The second kappa shape index (κ2) is 9.88. The molecule has 0 aromatic heterocycles. The van der Waals surface area contributed by atoms with Gasteiger partial charge in [0.2, 0.25) is 0 Å². The van der Waals surface area contributed by atoms with E-state index < -0.39 is 17.3 Å². The molecular formula is C25H30FNO5. The van der Waals surface area contributed by atoms with Gasteiger partial charge in [-0.1, -0.05) is 31.0 Å². The van der Waals surface area contributed by atoms with Gasteiger partial charge in [0.25, 0.3) is 0 Å². The smallest absolute Gasteiger partial charge is 0.329 e. The molecule has 0 bridgehead atoms. The van der Waals surface area contributed by atoms with Gasteiger partial charge in [-0.2, -0.15) is 0 Å². The average molecular weight is 444 g/mol. The topological polar surface area (TPSA) is 77.0 Å². The van der Waals surface area contributed by atoms with E-state index >= 15 is 4.39 Å². The molecule has 0 atom stereocenters. The summed E-state index contributed by atoms with van der Waals surface area (Å²) in [5, 5.41) is 13.1. The molecule has 0 amide bonds. The fourth-order valence-corrected chi connectivity index (χ4v) is 4.58. The first-order chi connectivity index (χ1) is 15.5. The minimum Gasteiger partial charge on any atom is -0.494 e. The van der Waals surface area contributed by atoms with E-state index in [1.165, 1.54) is 7.11 Å². The third kappa shape index (κ3) is 4.74. The summed E-state index contributed by atoms with van der Waals surface area (Å²) < 4.78 is 31.7. The lowest BCUT2D eigenvalue weighted by atomic mass is 9.89. The first kappa shape index (κ1) is 22.6. The zero-order valence-electron chi connectivity index (χ0n) is 18.4. The van der Waals surface area contributed by atoms with Crippen LogP contribution in [0.2, 0.25) is 0 Å². The second-order valence-electron chi connectivity index (χ2n) is 8.54. The lowest BCUT2D eigenvalue weighted by molar-refractivity contribution is -0.145. The van der Waals surface area contributed by atoms with E-state index in [-0.39, 0.29) is 11.9 Å². The van der Waals surface area contributed by atoms with Crippen LogP contribution in [0.4, 0.5) is 10.1 Å². The van der Waals surface area contributed by atoms with Gasteiger partial charge in [-0.05, 0) is 42.2 Å². The van der Waals surface area contributed by atoms with Gasteiger partial charge in [0.15, 0.2) is 11.6 Å². The predicted molar refractivity (Wildman–Crippen MR) is 119 cm³/mol. The highest BCUT2D eigenvalue weighted by Crippen LogP contribution is 2.35. The molecule has 1 aliphatic heterocycles. The maximum absolute atomic E-state index is 15.0. The molecule has 4 rings (SSSR count). The van der Waals surface area contributed by atoms with Crippen LogP contribution in [-0.2, 0) is 20.9 Å². The van der Waals surface area contributed by atoms with Gasteiger partial charge in [0.05, 0.1) is 19.8 Å². The van der Waals surface area contributed by atoms with Crippen molar-refractivity contribution in [2.45, 2.75) is 56.8 Å². The molecule has 2 N–H and O–H groups in total. The molecule has 1 aliphatic carbocycles. The Bertz CT molecular complexity index is 951. The van der Waals surface area contributed by atoms with Crippen LogP contribution in [0.3, 0.4) is 0 Å². The molecule has 2 aliphatic rings. The van der Waals surface area contributed by atoms with Crippen molar-refractivity contribution in [2.24, 2.45) is 0 Å². The number of rotatable bonds is 8. The summed E-state index contributed by atoms with van der Waals surface area (Å²) in [7, 11) is 1.44. The van der Waals surface area contributed by atoms with Crippen LogP contribution in [0.25, 0.3) is 11.1 Å². The molecule has 0 spiro atoms. The first-order valence-electron chi connectivity index (χ1n) is 11.2. The minimum absolute atomic E-state index is 0.180. The van der Waals surface area contributed by atoms with Gasteiger partial charge in [-0.3, -0.25) is 0 Å². The molecule has 32 heavy (non-hydrogen) atoms. The Morgan fingerprint density at radius 3 is 2.62 bits per heavy atom. The lowest BCUT2D eigenvalue weighted by Gasteiger charge is -2.35.